The maximum atomic E-state index is 11.9. The predicted molar refractivity (Wildman–Crippen MR) is 69.0 cm³/mol. The van der Waals surface area contributed by atoms with Crippen LogP contribution in [0.3, 0.4) is 0 Å². The molecule has 7 heteroatoms. The number of aliphatic hydroxyl groups excluding tert-OH is 1. The molecule has 1 aliphatic heterocycles. The molecular formula is C11H22N2O4S. The first kappa shape index (κ1) is 15.4. The number of rotatable bonds is 5. The molecule has 0 aromatic carbocycles. The first-order valence-electron chi connectivity index (χ1n) is 6.04. The van der Waals surface area contributed by atoms with Gasteiger partial charge in [-0.3, -0.25) is 9.69 Å². The van der Waals surface area contributed by atoms with Crippen LogP contribution in [-0.4, -0.2) is 80.1 Å². The molecule has 0 aromatic rings. The molecule has 1 saturated heterocycles. The van der Waals surface area contributed by atoms with E-state index in [0.29, 0.717) is 13.0 Å². The minimum atomic E-state index is -2.97. The summed E-state index contributed by atoms with van der Waals surface area (Å²) in [6, 6.07) is -0.206. The van der Waals surface area contributed by atoms with Crippen LogP contribution < -0.4 is 0 Å². The molecule has 0 aliphatic carbocycles. The standard InChI is InChI=1S/C11H22N2O4S/c1-9(14)6-12(2)7-11(15)13(3)10-4-5-18(16,17)8-10/h9-10,14H,4-8H2,1-3H3. The van der Waals surface area contributed by atoms with Crippen LogP contribution in [0.1, 0.15) is 13.3 Å². The van der Waals surface area contributed by atoms with E-state index >= 15 is 0 Å². The number of sulfone groups is 1. The zero-order valence-electron chi connectivity index (χ0n) is 11.2. The molecule has 0 bridgehead atoms. The first-order valence-corrected chi connectivity index (χ1v) is 7.86. The lowest BCUT2D eigenvalue weighted by molar-refractivity contribution is -0.132. The van der Waals surface area contributed by atoms with E-state index in [1.807, 2.05) is 0 Å². The summed E-state index contributed by atoms with van der Waals surface area (Å²) in [5.41, 5.74) is 0. The Labute approximate surface area is 108 Å². The van der Waals surface area contributed by atoms with E-state index in [2.05, 4.69) is 0 Å². The van der Waals surface area contributed by atoms with Crippen LogP contribution >= 0.6 is 0 Å². The molecule has 106 valence electrons. The van der Waals surface area contributed by atoms with Gasteiger partial charge in [0.25, 0.3) is 0 Å². The summed E-state index contributed by atoms with van der Waals surface area (Å²) in [6.45, 7) is 2.27. The maximum Gasteiger partial charge on any atom is 0.236 e. The Hall–Kier alpha value is -0.660. The van der Waals surface area contributed by atoms with E-state index in [1.54, 1.807) is 25.9 Å². The lowest BCUT2D eigenvalue weighted by Crippen LogP contribution is -2.44. The quantitative estimate of drug-likeness (QED) is 0.694. The highest BCUT2D eigenvalue weighted by Crippen LogP contribution is 2.16. The van der Waals surface area contributed by atoms with Gasteiger partial charge in [0.05, 0.1) is 24.2 Å². The van der Waals surface area contributed by atoms with Crippen LogP contribution in [0.5, 0.6) is 0 Å². The zero-order chi connectivity index (χ0) is 13.9. The van der Waals surface area contributed by atoms with Gasteiger partial charge in [-0.1, -0.05) is 0 Å². The lowest BCUT2D eigenvalue weighted by Gasteiger charge is -2.26. The van der Waals surface area contributed by atoms with E-state index in [1.165, 1.54) is 4.90 Å². The topological polar surface area (TPSA) is 77.9 Å². The minimum Gasteiger partial charge on any atom is -0.392 e. The fourth-order valence-electron chi connectivity index (χ4n) is 2.14. The number of carbonyl (C=O) groups excluding carboxylic acids is 1. The summed E-state index contributed by atoms with van der Waals surface area (Å²) in [6.07, 6.45) is 0.0324. The van der Waals surface area contributed by atoms with Crippen molar-refractivity contribution >= 4 is 15.7 Å². The lowest BCUT2D eigenvalue weighted by atomic mass is 10.2. The SMILES string of the molecule is CC(O)CN(C)CC(=O)N(C)C1CCS(=O)(=O)C1. The van der Waals surface area contributed by atoms with Crippen LogP contribution in [0.25, 0.3) is 0 Å². The van der Waals surface area contributed by atoms with Gasteiger partial charge >= 0.3 is 0 Å². The average molecular weight is 278 g/mol. The minimum absolute atomic E-state index is 0.0648. The fourth-order valence-corrected chi connectivity index (χ4v) is 3.92. The molecule has 1 heterocycles. The summed E-state index contributed by atoms with van der Waals surface area (Å²) < 4.78 is 22.7. The Bertz CT molecular complexity index is 394. The highest BCUT2D eigenvalue weighted by Gasteiger charge is 2.32. The third-order valence-electron chi connectivity index (χ3n) is 3.13. The van der Waals surface area contributed by atoms with Crippen molar-refractivity contribution in [3.63, 3.8) is 0 Å². The Morgan fingerprint density at radius 3 is 2.50 bits per heavy atom. The molecule has 18 heavy (non-hydrogen) atoms. The second kappa shape index (κ2) is 5.99. The van der Waals surface area contributed by atoms with Crippen molar-refractivity contribution in [2.45, 2.75) is 25.5 Å². The Kier molecular flexibility index (Phi) is 5.12. The molecule has 0 radical (unpaired) electrons. The highest BCUT2D eigenvalue weighted by molar-refractivity contribution is 7.91. The molecule has 1 fully saturated rings. The number of hydrogen-bond acceptors (Lipinski definition) is 5. The number of nitrogens with zero attached hydrogens (tertiary/aromatic N) is 2. The van der Waals surface area contributed by atoms with Gasteiger partial charge in [0.2, 0.25) is 5.91 Å². The van der Waals surface area contributed by atoms with E-state index < -0.39 is 15.9 Å². The molecule has 2 atom stereocenters. The monoisotopic (exact) mass is 278 g/mol. The van der Waals surface area contributed by atoms with Crippen LogP contribution in [-0.2, 0) is 14.6 Å². The molecule has 1 rings (SSSR count). The summed E-state index contributed by atoms with van der Waals surface area (Å²) in [5.74, 6) is 0.119. The number of carbonyl (C=O) groups is 1. The van der Waals surface area contributed by atoms with Crippen molar-refractivity contribution in [2.75, 3.05) is 38.7 Å². The Morgan fingerprint density at radius 1 is 1.44 bits per heavy atom. The molecule has 2 unspecified atom stereocenters. The molecule has 6 nitrogen and oxygen atoms in total. The smallest absolute Gasteiger partial charge is 0.236 e. The third kappa shape index (κ3) is 4.55. The Balaban J connectivity index is 2.47. The summed E-state index contributed by atoms with van der Waals surface area (Å²) in [7, 11) is 0.428. The van der Waals surface area contributed by atoms with Crippen molar-refractivity contribution < 1.29 is 18.3 Å². The van der Waals surface area contributed by atoms with Crippen molar-refractivity contribution in [1.82, 2.24) is 9.80 Å². The summed E-state index contributed by atoms with van der Waals surface area (Å²) in [4.78, 5) is 15.2. The third-order valence-corrected chi connectivity index (χ3v) is 4.88. The van der Waals surface area contributed by atoms with E-state index in [-0.39, 0.29) is 30.0 Å². The largest absolute Gasteiger partial charge is 0.392 e. The molecule has 0 saturated carbocycles. The van der Waals surface area contributed by atoms with Crippen molar-refractivity contribution in [1.29, 1.82) is 0 Å². The molecule has 1 N–H and O–H groups in total. The van der Waals surface area contributed by atoms with E-state index in [0.717, 1.165) is 0 Å². The summed E-state index contributed by atoms with van der Waals surface area (Å²) >= 11 is 0. The van der Waals surface area contributed by atoms with Crippen molar-refractivity contribution in [3.05, 3.63) is 0 Å². The second-order valence-electron chi connectivity index (χ2n) is 5.11. The van der Waals surface area contributed by atoms with Gasteiger partial charge in [0, 0.05) is 19.6 Å². The summed E-state index contributed by atoms with van der Waals surface area (Å²) in [5, 5.41) is 9.21. The fraction of sp³-hybridized carbons (Fsp3) is 0.909. The molecular weight excluding hydrogens is 256 g/mol. The van der Waals surface area contributed by atoms with Gasteiger partial charge < -0.3 is 10.0 Å². The van der Waals surface area contributed by atoms with Gasteiger partial charge in [-0.25, -0.2) is 8.42 Å². The van der Waals surface area contributed by atoms with E-state index in [4.69, 9.17) is 0 Å². The van der Waals surface area contributed by atoms with Gasteiger partial charge in [-0.15, -0.1) is 0 Å². The van der Waals surface area contributed by atoms with Crippen LogP contribution in [0.4, 0.5) is 0 Å². The number of amides is 1. The maximum absolute atomic E-state index is 11.9. The molecule has 0 spiro atoms. The molecule has 0 aromatic heterocycles. The van der Waals surface area contributed by atoms with Gasteiger partial charge in [0.1, 0.15) is 0 Å². The van der Waals surface area contributed by atoms with Crippen LogP contribution in [0.15, 0.2) is 0 Å². The first-order chi connectivity index (χ1) is 8.21. The van der Waals surface area contributed by atoms with Gasteiger partial charge in [-0.2, -0.15) is 0 Å². The Morgan fingerprint density at radius 2 is 2.06 bits per heavy atom. The average Bonchev–Trinajstić information content (AvgIpc) is 2.56. The van der Waals surface area contributed by atoms with Crippen molar-refractivity contribution in [2.24, 2.45) is 0 Å². The molecule has 1 amide bonds. The number of hydrogen-bond donors (Lipinski definition) is 1. The normalized spacial score (nSPS) is 24.2. The van der Waals surface area contributed by atoms with Gasteiger partial charge in [-0.05, 0) is 20.4 Å². The van der Waals surface area contributed by atoms with Crippen LogP contribution in [0, 0.1) is 0 Å². The highest BCUT2D eigenvalue weighted by atomic mass is 32.2. The number of aliphatic hydroxyl groups is 1. The van der Waals surface area contributed by atoms with Crippen LogP contribution in [0.2, 0.25) is 0 Å². The van der Waals surface area contributed by atoms with E-state index in [9.17, 15) is 18.3 Å². The number of likely N-dealkylation sites (N-methyl/N-ethyl adjacent to an activating group) is 2. The second-order valence-corrected chi connectivity index (χ2v) is 7.34. The molecule has 1 aliphatic rings. The zero-order valence-corrected chi connectivity index (χ0v) is 12.0. The van der Waals surface area contributed by atoms with Gasteiger partial charge in [0.15, 0.2) is 9.84 Å². The van der Waals surface area contributed by atoms with Crippen molar-refractivity contribution in [3.8, 4) is 0 Å². The predicted octanol–water partition coefficient (Wildman–Crippen LogP) is -1.06.